The minimum atomic E-state index is 0.371. The molecule has 0 heterocycles. The highest BCUT2D eigenvalue weighted by Crippen LogP contribution is 2.07. The SMILES string of the molecule is C=CCN(N)COc1ccccc1. The van der Waals surface area contributed by atoms with Gasteiger partial charge in [-0.3, -0.25) is 5.84 Å². The van der Waals surface area contributed by atoms with Crippen LogP contribution in [0.1, 0.15) is 0 Å². The first-order valence-corrected chi connectivity index (χ1v) is 4.11. The smallest absolute Gasteiger partial charge is 0.154 e. The van der Waals surface area contributed by atoms with Gasteiger partial charge in [0, 0.05) is 6.54 Å². The molecule has 0 aromatic heterocycles. The monoisotopic (exact) mass is 178 g/mol. The lowest BCUT2D eigenvalue weighted by atomic mass is 10.3. The maximum absolute atomic E-state index is 5.57. The predicted molar refractivity (Wildman–Crippen MR) is 53.0 cm³/mol. The van der Waals surface area contributed by atoms with Gasteiger partial charge in [0.1, 0.15) is 5.75 Å². The molecule has 0 aliphatic carbocycles. The van der Waals surface area contributed by atoms with Crippen LogP contribution in [0.25, 0.3) is 0 Å². The van der Waals surface area contributed by atoms with Crippen LogP contribution in [0.5, 0.6) is 5.75 Å². The molecule has 0 bridgehead atoms. The number of nitrogens with zero attached hydrogens (tertiary/aromatic N) is 1. The van der Waals surface area contributed by atoms with E-state index in [0.29, 0.717) is 13.3 Å². The first-order valence-electron chi connectivity index (χ1n) is 4.11. The molecular formula is C10H14N2O. The third-order valence-corrected chi connectivity index (χ3v) is 1.50. The molecule has 1 rings (SSSR count). The molecule has 0 radical (unpaired) electrons. The Morgan fingerprint density at radius 3 is 2.69 bits per heavy atom. The number of hydrazine groups is 1. The van der Waals surface area contributed by atoms with Crippen LogP contribution in [0.4, 0.5) is 0 Å². The summed E-state index contributed by atoms with van der Waals surface area (Å²) in [4.78, 5) is 0. The molecule has 70 valence electrons. The van der Waals surface area contributed by atoms with Gasteiger partial charge >= 0.3 is 0 Å². The van der Waals surface area contributed by atoms with Crippen LogP contribution in [0, 0.1) is 0 Å². The lowest BCUT2D eigenvalue weighted by Crippen LogP contribution is -2.34. The molecule has 1 aromatic rings. The molecule has 0 atom stereocenters. The van der Waals surface area contributed by atoms with Crippen LogP contribution < -0.4 is 10.6 Å². The molecule has 3 nitrogen and oxygen atoms in total. The van der Waals surface area contributed by atoms with Crippen molar-refractivity contribution in [3.05, 3.63) is 43.0 Å². The number of nitrogens with two attached hydrogens (primary N) is 1. The summed E-state index contributed by atoms with van der Waals surface area (Å²) in [6.45, 7) is 4.57. The molecule has 13 heavy (non-hydrogen) atoms. The number of ether oxygens (including phenoxy) is 1. The lowest BCUT2D eigenvalue weighted by molar-refractivity contribution is 0.140. The fraction of sp³-hybridized carbons (Fsp3) is 0.200. The fourth-order valence-corrected chi connectivity index (χ4v) is 0.893. The summed E-state index contributed by atoms with van der Waals surface area (Å²) in [6, 6.07) is 9.56. The van der Waals surface area contributed by atoms with Crippen LogP contribution in [0.15, 0.2) is 43.0 Å². The Morgan fingerprint density at radius 2 is 2.08 bits per heavy atom. The van der Waals surface area contributed by atoms with Gasteiger partial charge in [0.15, 0.2) is 6.73 Å². The van der Waals surface area contributed by atoms with Crippen LogP contribution in [-0.2, 0) is 0 Å². The average molecular weight is 178 g/mol. The number of para-hydroxylation sites is 1. The Labute approximate surface area is 78.4 Å². The van der Waals surface area contributed by atoms with Gasteiger partial charge in [-0.25, -0.2) is 5.01 Å². The Morgan fingerprint density at radius 1 is 1.38 bits per heavy atom. The first kappa shape index (κ1) is 9.77. The van der Waals surface area contributed by atoms with E-state index < -0.39 is 0 Å². The molecule has 1 aromatic carbocycles. The normalized spacial score (nSPS) is 10.0. The Hall–Kier alpha value is -1.32. The summed E-state index contributed by atoms with van der Waals surface area (Å²) in [5.41, 5.74) is 0. The zero-order valence-electron chi connectivity index (χ0n) is 7.52. The van der Waals surface area contributed by atoms with E-state index in [1.54, 1.807) is 11.1 Å². The molecule has 0 aliphatic rings. The predicted octanol–water partition coefficient (Wildman–Crippen LogP) is 1.38. The van der Waals surface area contributed by atoms with Crippen molar-refractivity contribution in [3.8, 4) is 5.75 Å². The lowest BCUT2D eigenvalue weighted by Gasteiger charge is -2.14. The maximum atomic E-state index is 5.57. The van der Waals surface area contributed by atoms with Crippen molar-refractivity contribution < 1.29 is 4.74 Å². The van der Waals surface area contributed by atoms with E-state index in [4.69, 9.17) is 10.6 Å². The Balaban J connectivity index is 2.30. The second kappa shape index (κ2) is 5.35. The van der Waals surface area contributed by atoms with E-state index in [0.717, 1.165) is 5.75 Å². The van der Waals surface area contributed by atoms with Crippen molar-refractivity contribution in [1.29, 1.82) is 0 Å². The van der Waals surface area contributed by atoms with E-state index >= 15 is 0 Å². The van der Waals surface area contributed by atoms with Crippen LogP contribution in [-0.4, -0.2) is 18.3 Å². The topological polar surface area (TPSA) is 38.5 Å². The van der Waals surface area contributed by atoms with Gasteiger partial charge in [0.25, 0.3) is 0 Å². The molecule has 0 amide bonds. The third kappa shape index (κ3) is 3.73. The molecule has 3 heteroatoms. The molecule has 0 unspecified atom stereocenters. The van der Waals surface area contributed by atoms with Gasteiger partial charge in [-0.2, -0.15) is 0 Å². The molecule has 0 aliphatic heterocycles. The highest BCUT2D eigenvalue weighted by molar-refractivity contribution is 5.20. The zero-order chi connectivity index (χ0) is 9.52. The second-order valence-electron chi connectivity index (χ2n) is 2.65. The molecule has 0 saturated heterocycles. The standard InChI is InChI=1S/C10H14N2O/c1-2-8-12(11)9-13-10-6-4-3-5-7-10/h2-7H,1,8-9,11H2. The molecule has 0 fully saturated rings. The van der Waals surface area contributed by atoms with E-state index in [9.17, 15) is 0 Å². The minimum absolute atomic E-state index is 0.371. The quantitative estimate of drug-likeness (QED) is 0.320. The highest BCUT2D eigenvalue weighted by Gasteiger charge is 1.95. The molecule has 2 N–H and O–H groups in total. The summed E-state index contributed by atoms with van der Waals surface area (Å²) in [6.07, 6.45) is 1.73. The summed E-state index contributed by atoms with van der Waals surface area (Å²) in [5, 5.41) is 1.54. The third-order valence-electron chi connectivity index (χ3n) is 1.50. The van der Waals surface area contributed by atoms with Gasteiger partial charge < -0.3 is 4.74 Å². The fourth-order valence-electron chi connectivity index (χ4n) is 0.893. The highest BCUT2D eigenvalue weighted by atomic mass is 16.5. The van der Waals surface area contributed by atoms with Crippen molar-refractivity contribution in [2.75, 3.05) is 13.3 Å². The average Bonchev–Trinajstić information content (AvgIpc) is 2.17. The van der Waals surface area contributed by atoms with Crippen molar-refractivity contribution in [2.24, 2.45) is 5.84 Å². The van der Waals surface area contributed by atoms with Crippen molar-refractivity contribution in [3.63, 3.8) is 0 Å². The van der Waals surface area contributed by atoms with Gasteiger partial charge in [-0.15, -0.1) is 6.58 Å². The summed E-state index contributed by atoms with van der Waals surface area (Å²) in [7, 11) is 0. The van der Waals surface area contributed by atoms with Gasteiger partial charge in [-0.05, 0) is 12.1 Å². The van der Waals surface area contributed by atoms with Crippen molar-refractivity contribution in [1.82, 2.24) is 5.01 Å². The summed E-state index contributed by atoms with van der Waals surface area (Å²) >= 11 is 0. The number of rotatable bonds is 5. The van der Waals surface area contributed by atoms with E-state index in [-0.39, 0.29) is 0 Å². The van der Waals surface area contributed by atoms with E-state index in [1.165, 1.54) is 0 Å². The minimum Gasteiger partial charge on any atom is -0.477 e. The van der Waals surface area contributed by atoms with Gasteiger partial charge in [0.2, 0.25) is 0 Å². The first-order chi connectivity index (χ1) is 6.33. The van der Waals surface area contributed by atoms with Crippen molar-refractivity contribution in [2.45, 2.75) is 0 Å². The Kier molecular flexibility index (Phi) is 4.02. The van der Waals surface area contributed by atoms with Crippen LogP contribution in [0.3, 0.4) is 0 Å². The zero-order valence-corrected chi connectivity index (χ0v) is 7.52. The van der Waals surface area contributed by atoms with Crippen LogP contribution >= 0.6 is 0 Å². The number of hydrogen-bond acceptors (Lipinski definition) is 3. The summed E-state index contributed by atoms with van der Waals surface area (Å²) < 4.78 is 5.37. The van der Waals surface area contributed by atoms with E-state index in [1.807, 2.05) is 30.3 Å². The number of benzene rings is 1. The van der Waals surface area contributed by atoms with Gasteiger partial charge in [-0.1, -0.05) is 24.3 Å². The molecular weight excluding hydrogens is 164 g/mol. The number of hydrogen-bond donors (Lipinski definition) is 1. The Bertz CT molecular complexity index is 248. The van der Waals surface area contributed by atoms with E-state index in [2.05, 4.69) is 6.58 Å². The van der Waals surface area contributed by atoms with Crippen molar-refractivity contribution >= 4 is 0 Å². The molecule has 0 saturated carbocycles. The maximum Gasteiger partial charge on any atom is 0.154 e. The summed E-state index contributed by atoms with van der Waals surface area (Å²) in [5.74, 6) is 6.39. The van der Waals surface area contributed by atoms with Crippen LogP contribution in [0.2, 0.25) is 0 Å². The van der Waals surface area contributed by atoms with Gasteiger partial charge in [0.05, 0.1) is 0 Å². The molecule has 0 spiro atoms. The second-order valence-corrected chi connectivity index (χ2v) is 2.65. The largest absolute Gasteiger partial charge is 0.477 e.